The molecule has 2 rings (SSSR count). The standard InChI is InChI=1S/C15H19NO3S2/c1-10(9-20)14(17)16-8-7-12(13(16)15(18)19)21-11-5-3-2-4-6-11/h2-6,10,12-13,20H,7-9H2,1H3,(H,18,19)/t10?,12?,13-/m0/s1. The second kappa shape index (κ2) is 7.22. The van der Waals surface area contributed by atoms with Gasteiger partial charge in [-0.05, 0) is 18.6 Å². The monoisotopic (exact) mass is 325 g/mol. The van der Waals surface area contributed by atoms with E-state index >= 15 is 0 Å². The van der Waals surface area contributed by atoms with Gasteiger partial charge in [-0.15, -0.1) is 11.8 Å². The van der Waals surface area contributed by atoms with Crippen molar-refractivity contribution in [3.63, 3.8) is 0 Å². The minimum atomic E-state index is -0.930. The summed E-state index contributed by atoms with van der Waals surface area (Å²) in [5.41, 5.74) is 0. The third-order valence-electron chi connectivity index (χ3n) is 3.60. The van der Waals surface area contributed by atoms with Gasteiger partial charge in [0.25, 0.3) is 0 Å². The van der Waals surface area contributed by atoms with Gasteiger partial charge in [-0.2, -0.15) is 12.6 Å². The van der Waals surface area contributed by atoms with Gasteiger partial charge in [-0.1, -0.05) is 25.1 Å². The Morgan fingerprint density at radius 3 is 2.67 bits per heavy atom. The highest BCUT2D eigenvalue weighted by molar-refractivity contribution is 8.00. The number of carboxylic acid groups (broad SMARTS) is 1. The number of rotatable bonds is 5. The number of carboxylic acids is 1. The van der Waals surface area contributed by atoms with Gasteiger partial charge in [-0.25, -0.2) is 4.79 Å². The van der Waals surface area contributed by atoms with E-state index in [9.17, 15) is 14.7 Å². The molecule has 1 saturated heterocycles. The summed E-state index contributed by atoms with van der Waals surface area (Å²) in [6, 6.07) is 8.95. The summed E-state index contributed by atoms with van der Waals surface area (Å²) in [5.74, 6) is -0.872. The van der Waals surface area contributed by atoms with E-state index in [1.807, 2.05) is 30.3 Å². The van der Waals surface area contributed by atoms with Crippen LogP contribution in [0.4, 0.5) is 0 Å². The molecule has 0 aromatic heterocycles. The fourth-order valence-electron chi connectivity index (χ4n) is 2.46. The molecule has 2 unspecified atom stereocenters. The van der Waals surface area contributed by atoms with Crippen molar-refractivity contribution in [3.8, 4) is 0 Å². The van der Waals surface area contributed by atoms with Crippen LogP contribution < -0.4 is 0 Å². The van der Waals surface area contributed by atoms with Crippen molar-refractivity contribution in [3.05, 3.63) is 30.3 Å². The quantitative estimate of drug-likeness (QED) is 0.816. The number of likely N-dealkylation sites (tertiary alicyclic amines) is 1. The van der Waals surface area contributed by atoms with Gasteiger partial charge in [0.15, 0.2) is 0 Å². The van der Waals surface area contributed by atoms with Crippen molar-refractivity contribution in [1.29, 1.82) is 0 Å². The number of hydrogen-bond donors (Lipinski definition) is 2. The van der Waals surface area contributed by atoms with Crippen molar-refractivity contribution in [2.75, 3.05) is 12.3 Å². The lowest BCUT2D eigenvalue weighted by Crippen LogP contribution is -2.46. The molecule has 1 N–H and O–H groups in total. The Kier molecular flexibility index (Phi) is 5.58. The first kappa shape index (κ1) is 16.2. The minimum Gasteiger partial charge on any atom is -0.480 e. The second-order valence-corrected chi connectivity index (χ2v) is 6.83. The van der Waals surface area contributed by atoms with Crippen LogP contribution in [0.1, 0.15) is 13.3 Å². The fourth-order valence-corrected chi connectivity index (χ4v) is 3.90. The highest BCUT2D eigenvalue weighted by atomic mass is 32.2. The molecule has 4 nitrogen and oxygen atoms in total. The number of thioether (sulfide) groups is 1. The van der Waals surface area contributed by atoms with Crippen LogP contribution in [0.2, 0.25) is 0 Å². The first-order chi connectivity index (χ1) is 10.0. The predicted molar refractivity (Wildman–Crippen MR) is 86.9 cm³/mol. The lowest BCUT2D eigenvalue weighted by atomic mass is 10.1. The summed E-state index contributed by atoms with van der Waals surface area (Å²) in [5, 5.41) is 9.40. The van der Waals surface area contributed by atoms with Crippen LogP contribution >= 0.6 is 24.4 Å². The van der Waals surface area contributed by atoms with Crippen molar-refractivity contribution >= 4 is 36.3 Å². The molecule has 114 valence electrons. The van der Waals surface area contributed by atoms with E-state index < -0.39 is 12.0 Å². The zero-order valence-corrected chi connectivity index (χ0v) is 13.5. The third kappa shape index (κ3) is 3.74. The Morgan fingerprint density at radius 2 is 2.10 bits per heavy atom. The number of thiol groups is 1. The van der Waals surface area contributed by atoms with Crippen LogP contribution in [0.15, 0.2) is 35.2 Å². The molecule has 0 bridgehead atoms. The number of nitrogens with zero attached hydrogens (tertiary/aromatic N) is 1. The molecule has 0 spiro atoms. The van der Waals surface area contributed by atoms with Crippen LogP contribution in [-0.2, 0) is 9.59 Å². The Balaban J connectivity index is 2.13. The second-order valence-electron chi connectivity index (χ2n) is 5.16. The Morgan fingerprint density at radius 1 is 1.43 bits per heavy atom. The molecule has 1 aromatic carbocycles. The molecule has 1 fully saturated rings. The smallest absolute Gasteiger partial charge is 0.327 e. The summed E-state index contributed by atoms with van der Waals surface area (Å²) in [6.45, 7) is 2.28. The number of carbonyl (C=O) groups is 2. The van der Waals surface area contributed by atoms with Crippen LogP contribution in [0.3, 0.4) is 0 Å². The lowest BCUT2D eigenvalue weighted by molar-refractivity contribution is -0.149. The Bertz CT molecular complexity index is 509. The molecular formula is C15H19NO3S2. The van der Waals surface area contributed by atoms with E-state index in [0.29, 0.717) is 18.7 Å². The molecule has 1 amide bonds. The lowest BCUT2D eigenvalue weighted by Gasteiger charge is -2.26. The molecule has 21 heavy (non-hydrogen) atoms. The number of hydrogen-bond acceptors (Lipinski definition) is 4. The average molecular weight is 325 g/mol. The first-order valence-electron chi connectivity index (χ1n) is 6.90. The van der Waals surface area contributed by atoms with E-state index in [4.69, 9.17) is 0 Å². The maximum Gasteiger partial charge on any atom is 0.327 e. The van der Waals surface area contributed by atoms with Gasteiger partial charge in [-0.3, -0.25) is 4.79 Å². The molecule has 0 saturated carbocycles. The zero-order valence-electron chi connectivity index (χ0n) is 11.8. The van der Waals surface area contributed by atoms with Crippen LogP contribution in [0, 0.1) is 5.92 Å². The maximum absolute atomic E-state index is 12.3. The van der Waals surface area contributed by atoms with Gasteiger partial charge in [0.1, 0.15) is 6.04 Å². The molecule has 6 heteroatoms. The summed E-state index contributed by atoms with van der Waals surface area (Å²) in [7, 11) is 0. The van der Waals surface area contributed by atoms with Gasteiger partial charge < -0.3 is 10.0 Å². The van der Waals surface area contributed by atoms with Crippen LogP contribution in [-0.4, -0.2) is 45.5 Å². The number of carbonyl (C=O) groups excluding carboxylic acids is 1. The van der Waals surface area contributed by atoms with Crippen molar-refractivity contribution in [1.82, 2.24) is 4.90 Å². The van der Waals surface area contributed by atoms with E-state index in [1.165, 1.54) is 16.7 Å². The van der Waals surface area contributed by atoms with Gasteiger partial charge >= 0.3 is 5.97 Å². The van der Waals surface area contributed by atoms with Crippen LogP contribution in [0.25, 0.3) is 0 Å². The number of amides is 1. The Hall–Kier alpha value is -1.14. The molecule has 3 atom stereocenters. The molecule has 1 heterocycles. The minimum absolute atomic E-state index is 0.110. The summed E-state index contributed by atoms with van der Waals surface area (Å²) >= 11 is 5.67. The van der Waals surface area contributed by atoms with Crippen molar-refractivity contribution < 1.29 is 14.7 Å². The van der Waals surface area contributed by atoms with E-state index in [0.717, 1.165) is 4.90 Å². The molecule has 1 aliphatic rings. The molecule has 0 aliphatic carbocycles. The first-order valence-corrected chi connectivity index (χ1v) is 8.41. The zero-order chi connectivity index (χ0) is 15.4. The topological polar surface area (TPSA) is 57.6 Å². The largest absolute Gasteiger partial charge is 0.480 e. The summed E-state index contributed by atoms with van der Waals surface area (Å²) in [4.78, 5) is 26.4. The van der Waals surface area contributed by atoms with Gasteiger partial charge in [0.05, 0.1) is 0 Å². The third-order valence-corrected chi connectivity index (χ3v) is 5.49. The normalized spacial score (nSPS) is 23.0. The number of benzene rings is 1. The highest BCUT2D eigenvalue weighted by Crippen LogP contribution is 2.35. The maximum atomic E-state index is 12.3. The molecule has 1 aliphatic heterocycles. The summed E-state index contributed by atoms with van der Waals surface area (Å²) in [6.07, 6.45) is 0.696. The van der Waals surface area contributed by atoms with Crippen LogP contribution in [0.5, 0.6) is 0 Å². The Labute approximate surface area is 134 Å². The predicted octanol–water partition coefficient (Wildman–Crippen LogP) is 2.40. The van der Waals surface area contributed by atoms with E-state index in [-0.39, 0.29) is 17.1 Å². The molecular weight excluding hydrogens is 306 g/mol. The molecule has 1 aromatic rings. The van der Waals surface area contributed by atoms with Gasteiger partial charge in [0.2, 0.25) is 5.91 Å². The van der Waals surface area contributed by atoms with Crippen molar-refractivity contribution in [2.45, 2.75) is 29.5 Å². The summed E-state index contributed by atoms with van der Waals surface area (Å²) < 4.78 is 0. The number of aliphatic carboxylic acids is 1. The van der Waals surface area contributed by atoms with E-state index in [2.05, 4.69) is 12.6 Å². The fraction of sp³-hybridized carbons (Fsp3) is 0.467. The van der Waals surface area contributed by atoms with Gasteiger partial charge in [0, 0.05) is 28.4 Å². The average Bonchev–Trinajstić information content (AvgIpc) is 2.90. The van der Waals surface area contributed by atoms with Crippen molar-refractivity contribution in [2.24, 2.45) is 5.92 Å². The SMILES string of the molecule is CC(CS)C(=O)N1CCC(Sc2ccccc2)[C@H]1C(=O)O. The highest BCUT2D eigenvalue weighted by Gasteiger charge is 2.43. The van der Waals surface area contributed by atoms with E-state index in [1.54, 1.807) is 6.92 Å². The molecule has 0 radical (unpaired) electrons.